The summed E-state index contributed by atoms with van der Waals surface area (Å²) in [5, 5.41) is 3.29. The number of hydrogen-bond donors (Lipinski definition) is 1. The summed E-state index contributed by atoms with van der Waals surface area (Å²) in [6, 6.07) is 0. The van der Waals surface area contributed by atoms with E-state index in [9.17, 15) is 4.79 Å². The molecular weight excluding hydrogens is 154 g/mol. The van der Waals surface area contributed by atoms with Gasteiger partial charge >= 0.3 is 5.97 Å². The Morgan fingerprint density at radius 3 is 2.58 bits per heavy atom. The van der Waals surface area contributed by atoms with Gasteiger partial charge in [0, 0.05) is 6.54 Å². The molecule has 0 spiro atoms. The Kier molecular flexibility index (Phi) is 1.49. The summed E-state index contributed by atoms with van der Waals surface area (Å²) in [4.78, 5) is 11.5. The van der Waals surface area contributed by atoms with Gasteiger partial charge in [-0.05, 0) is 24.7 Å². The molecule has 0 aromatic carbocycles. The summed E-state index contributed by atoms with van der Waals surface area (Å²) in [5.41, 5.74) is 0.0116. The first kappa shape index (κ1) is 8.05. The van der Waals surface area contributed by atoms with Gasteiger partial charge in [-0.25, -0.2) is 0 Å². The Morgan fingerprint density at radius 2 is 2.25 bits per heavy atom. The number of methoxy groups -OCH3 is 1. The molecule has 2 bridgehead atoms. The van der Waals surface area contributed by atoms with Crippen LogP contribution < -0.4 is 5.32 Å². The topological polar surface area (TPSA) is 38.3 Å². The summed E-state index contributed by atoms with van der Waals surface area (Å²) in [6.07, 6.45) is 3.04. The Hall–Kier alpha value is -0.570. The Bertz CT molecular complexity index is 217. The summed E-state index contributed by atoms with van der Waals surface area (Å²) in [6.45, 7) is 3.19. The zero-order chi connectivity index (χ0) is 8.82. The van der Waals surface area contributed by atoms with Crippen molar-refractivity contribution in [1.29, 1.82) is 0 Å². The number of nitrogens with one attached hydrogen (secondary N) is 1. The number of piperidine rings is 1. The molecule has 1 aliphatic heterocycles. The fourth-order valence-corrected chi connectivity index (χ4v) is 2.55. The van der Waals surface area contributed by atoms with E-state index < -0.39 is 0 Å². The Labute approximate surface area is 72.5 Å². The molecule has 0 radical (unpaired) electrons. The van der Waals surface area contributed by atoms with Crippen molar-refractivity contribution in [1.82, 2.24) is 5.32 Å². The van der Waals surface area contributed by atoms with E-state index >= 15 is 0 Å². The minimum absolute atomic E-state index is 0.0799. The largest absolute Gasteiger partial charge is 0.468 e. The molecule has 2 atom stereocenters. The molecule has 68 valence electrons. The average molecular weight is 169 g/mol. The van der Waals surface area contributed by atoms with Crippen LogP contribution in [0, 0.1) is 5.41 Å². The van der Waals surface area contributed by atoms with Crippen LogP contribution in [0.4, 0.5) is 0 Å². The van der Waals surface area contributed by atoms with Gasteiger partial charge < -0.3 is 10.1 Å². The zero-order valence-corrected chi connectivity index (χ0v) is 7.64. The van der Waals surface area contributed by atoms with E-state index in [1.54, 1.807) is 0 Å². The summed E-state index contributed by atoms with van der Waals surface area (Å²) < 4.78 is 4.80. The zero-order valence-electron chi connectivity index (χ0n) is 7.64. The van der Waals surface area contributed by atoms with Crippen molar-refractivity contribution in [2.45, 2.75) is 31.7 Å². The summed E-state index contributed by atoms with van der Waals surface area (Å²) >= 11 is 0. The van der Waals surface area contributed by atoms with Crippen LogP contribution in [0.5, 0.6) is 0 Å². The van der Waals surface area contributed by atoms with E-state index in [1.165, 1.54) is 7.11 Å². The van der Waals surface area contributed by atoms with Crippen LogP contribution >= 0.6 is 0 Å². The van der Waals surface area contributed by atoms with Crippen molar-refractivity contribution in [2.24, 2.45) is 5.41 Å². The minimum Gasteiger partial charge on any atom is -0.468 e. The van der Waals surface area contributed by atoms with Crippen molar-refractivity contribution in [3.05, 3.63) is 0 Å². The highest BCUT2D eigenvalue weighted by Crippen LogP contribution is 2.49. The number of fused-ring (bicyclic) bond motifs is 2. The molecule has 1 saturated carbocycles. The molecule has 1 N–H and O–H groups in total. The van der Waals surface area contributed by atoms with Crippen LogP contribution in [0.15, 0.2) is 0 Å². The fraction of sp³-hybridized carbons (Fsp3) is 0.889. The Morgan fingerprint density at radius 1 is 1.50 bits per heavy atom. The van der Waals surface area contributed by atoms with Crippen molar-refractivity contribution in [2.75, 3.05) is 13.7 Å². The van der Waals surface area contributed by atoms with Gasteiger partial charge in [-0.3, -0.25) is 4.79 Å². The van der Waals surface area contributed by atoms with Gasteiger partial charge in [-0.1, -0.05) is 6.92 Å². The second-order valence-corrected chi connectivity index (χ2v) is 4.41. The van der Waals surface area contributed by atoms with E-state index in [0.29, 0.717) is 5.41 Å². The monoisotopic (exact) mass is 169 g/mol. The molecule has 0 amide bonds. The van der Waals surface area contributed by atoms with E-state index in [1.807, 2.05) is 0 Å². The standard InChI is InChI=1S/C9H15NO2/c1-8-3-4-9(5-8,10-6-8)7(11)12-2/h10H,3-6H2,1-2H3. The fourth-order valence-electron chi connectivity index (χ4n) is 2.55. The molecule has 0 aromatic rings. The second kappa shape index (κ2) is 2.22. The first-order valence-corrected chi connectivity index (χ1v) is 4.44. The molecule has 1 aliphatic carbocycles. The third-order valence-electron chi connectivity index (χ3n) is 3.31. The van der Waals surface area contributed by atoms with Crippen LogP contribution in [0.25, 0.3) is 0 Å². The van der Waals surface area contributed by atoms with Gasteiger partial charge in [0.05, 0.1) is 7.11 Å². The van der Waals surface area contributed by atoms with E-state index in [4.69, 9.17) is 4.74 Å². The van der Waals surface area contributed by atoms with Crippen LogP contribution in [-0.4, -0.2) is 25.2 Å². The van der Waals surface area contributed by atoms with Crippen molar-refractivity contribution in [3.8, 4) is 0 Å². The lowest BCUT2D eigenvalue weighted by molar-refractivity contribution is -0.147. The molecule has 2 fully saturated rings. The lowest BCUT2D eigenvalue weighted by Crippen LogP contribution is -2.48. The first-order chi connectivity index (χ1) is 5.60. The number of carbonyl (C=O) groups is 1. The van der Waals surface area contributed by atoms with Gasteiger partial charge in [0.2, 0.25) is 0 Å². The number of carbonyl (C=O) groups excluding carboxylic acids is 1. The third-order valence-corrected chi connectivity index (χ3v) is 3.31. The lowest BCUT2D eigenvalue weighted by Gasteiger charge is -2.25. The number of hydrogen-bond acceptors (Lipinski definition) is 3. The smallest absolute Gasteiger partial charge is 0.326 e. The first-order valence-electron chi connectivity index (χ1n) is 4.44. The van der Waals surface area contributed by atoms with Crippen molar-refractivity contribution < 1.29 is 9.53 Å². The molecule has 12 heavy (non-hydrogen) atoms. The molecule has 3 nitrogen and oxygen atoms in total. The van der Waals surface area contributed by atoms with Crippen LogP contribution in [0.1, 0.15) is 26.2 Å². The summed E-state index contributed by atoms with van der Waals surface area (Å²) in [5.74, 6) is -0.0799. The van der Waals surface area contributed by atoms with Crippen molar-refractivity contribution >= 4 is 5.97 Å². The van der Waals surface area contributed by atoms with E-state index in [-0.39, 0.29) is 11.5 Å². The molecule has 2 aliphatic rings. The van der Waals surface area contributed by atoms with E-state index in [0.717, 1.165) is 25.8 Å². The van der Waals surface area contributed by atoms with Gasteiger partial charge in [0.25, 0.3) is 0 Å². The quantitative estimate of drug-likeness (QED) is 0.587. The van der Waals surface area contributed by atoms with E-state index in [2.05, 4.69) is 12.2 Å². The minimum atomic E-state index is -0.330. The maximum absolute atomic E-state index is 11.5. The molecular formula is C9H15NO2. The number of ether oxygens (including phenoxy) is 1. The van der Waals surface area contributed by atoms with Crippen LogP contribution in [-0.2, 0) is 9.53 Å². The highest BCUT2D eigenvalue weighted by atomic mass is 16.5. The van der Waals surface area contributed by atoms with Gasteiger partial charge in [0.15, 0.2) is 0 Å². The number of esters is 1. The summed E-state index contributed by atoms with van der Waals surface area (Å²) in [7, 11) is 1.47. The van der Waals surface area contributed by atoms with Gasteiger partial charge in [-0.15, -0.1) is 0 Å². The van der Waals surface area contributed by atoms with Crippen LogP contribution in [0.2, 0.25) is 0 Å². The number of rotatable bonds is 1. The predicted octanol–water partition coefficient (Wildman–Crippen LogP) is 0.692. The van der Waals surface area contributed by atoms with Crippen LogP contribution in [0.3, 0.4) is 0 Å². The third kappa shape index (κ3) is 0.891. The Balaban J connectivity index is 2.20. The normalized spacial score (nSPS) is 44.8. The highest BCUT2D eigenvalue weighted by molar-refractivity contribution is 5.82. The molecule has 2 rings (SSSR count). The molecule has 2 unspecified atom stereocenters. The van der Waals surface area contributed by atoms with Crippen molar-refractivity contribution in [3.63, 3.8) is 0 Å². The lowest BCUT2D eigenvalue weighted by atomic mass is 9.90. The predicted molar refractivity (Wildman–Crippen MR) is 44.7 cm³/mol. The second-order valence-electron chi connectivity index (χ2n) is 4.41. The average Bonchev–Trinajstić information content (AvgIpc) is 2.57. The maximum Gasteiger partial charge on any atom is 0.326 e. The molecule has 0 aromatic heterocycles. The molecule has 3 heteroatoms. The molecule has 1 heterocycles. The van der Waals surface area contributed by atoms with Gasteiger partial charge in [-0.2, -0.15) is 0 Å². The molecule has 1 saturated heterocycles. The maximum atomic E-state index is 11.5. The highest BCUT2D eigenvalue weighted by Gasteiger charge is 2.56. The SMILES string of the molecule is COC(=O)C12CCC(C)(CN1)C2. The van der Waals surface area contributed by atoms with Gasteiger partial charge in [0.1, 0.15) is 5.54 Å².